The molecule has 0 N–H and O–H groups in total. The van der Waals surface area contributed by atoms with Crippen molar-refractivity contribution in [2.45, 2.75) is 26.7 Å². The summed E-state index contributed by atoms with van der Waals surface area (Å²) in [6.07, 6.45) is 3.71. The van der Waals surface area contributed by atoms with Gasteiger partial charge in [-0.05, 0) is 25.5 Å². The largest absolute Gasteiger partial charge is 0.591 e. The molecule has 0 spiro atoms. The third-order valence-corrected chi connectivity index (χ3v) is 3.06. The highest BCUT2D eigenvalue weighted by atomic mass is 32.2. The van der Waals surface area contributed by atoms with Gasteiger partial charge in [0.2, 0.25) is 0 Å². The lowest BCUT2D eigenvalue weighted by atomic mass is 10.3. The number of aromatic nitrogens is 1. The molecule has 0 aliphatic carbocycles. The Labute approximate surface area is 94.0 Å². The van der Waals surface area contributed by atoms with Crippen molar-refractivity contribution in [1.82, 2.24) is 4.98 Å². The zero-order valence-corrected chi connectivity index (χ0v) is 9.96. The van der Waals surface area contributed by atoms with Crippen LogP contribution < -0.4 is 0 Å². The van der Waals surface area contributed by atoms with Crippen molar-refractivity contribution < 1.29 is 4.55 Å². The lowest BCUT2D eigenvalue weighted by Crippen LogP contribution is -2.07. The van der Waals surface area contributed by atoms with Crippen LogP contribution in [-0.4, -0.2) is 21.0 Å². The zero-order chi connectivity index (χ0) is 11.1. The van der Waals surface area contributed by atoms with E-state index in [1.807, 2.05) is 25.1 Å². The van der Waals surface area contributed by atoms with E-state index >= 15 is 0 Å². The standard InChI is InChI=1S/C11H16N2OS/c1-3-4-9-15(14)13-10(2)11-7-5-6-8-12-11/h5-8H,3-4,9H2,1-2H3/b13-10-. The highest BCUT2D eigenvalue weighted by Crippen LogP contribution is 2.03. The minimum absolute atomic E-state index is 0.640. The molecule has 4 heteroatoms. The molecule has 1 aromatic rings. The molecular formula is C11H16N2OS. The van der Waals surface area contributed by atoms with Crippen LogP contribution in [0.1, 0.15) is 32.4 Å². The van der Waals surface area contributed by atoms with E-state index in [9.17, 15) is 4.55 Å². The van der Waals surface area contributed by atoms with Gasteiger partial charge < -0.3 is 4.55 Å². The molecule has 0 aliphatic heterocycles. The van der Waals surface area contributed by atoms with Crippen LogP contribution >= 0.6 is 0 Å². The summed E-state index contributed by atoms with van der Waals surface area (Å²) in [7, 11) is 0. The highest BCUT2D eigenvalue weighted by Gasteiger charge is 2.06. The molecule has 0 fully saturated rings. The van der Waals surface area contributed by atoms with Gasteiger partial charge in [0.15, 0.2) is 0 Å². The number of nitrogens with zero attached hydrogens (tertiary/aromatic N) is 2. The van der Waals surface area contributed by atoms with Gasteiger partial charge in [-0.25, -0.2) is 0 Å². The van der Waals surface area contributed by atoms with Crippen LogP contribution in [0.4, 0.5) is 0 Å². The smallest absolute Gasteiger partial charge is 0.133 e. The van der Waals surface area contributed by atoms with Crippen molar-refractivity contribution >= 4 is 17.1 Å². The van der Waals surface area contributed by atoms with E-state index in [0.29, 0.717) is 5.75 Å². The lowest BCUT2D eigenvalue weighted by molar-refractivity contribution is 0.593. The first kappa shape index (κ1) is 12.2. The summed E-state index contributed by atoms with van der Waals surface area (Å²) < 4.78 is 15.6. The van der Waals surface area contributed by atoms with Crippen LogP contribution in [0.25, 0.3) is 0 Å². The Morgan fingerprint density at radius 2 is 2.33 bits per heavy atom. The maximum atomic E-state index is 11.5. The normalized spacial score (nSPS) is 13.9. The molecule has 0 saturated heterocycles. The molecule has 1 atom stereocenters. The zero-order valence-electron chi connectivity index (χ0n) is 9.14. The summed E-state index contributed by atoms with van der Waals surface area (Å²) in [6, 6.07) is 5.62. The van der Waals surface area contributed by atoms with Gasteiger partial charge >= 0.3 is 0 Å². The average molecular weight is 224 g/mol. The van der Waals surface area contributed by atoms with Crippen molar-refractivity contribution in [3.63, 3.8) is 0 Å². The Bertz CT molecular complexity index is 314. The van der Waals surface area contributed by atoms with Crippen molar-refractivity contribution in [1.29, 1.82) is 0 Å². The second kappa shape index (κ2) is 6.58. The van der Waals surface area contributed by atoms with Gasteiger partial charge in [0, 0.05) is 6.20 Å². The quantitative estimate of drug-likeness (QED) is 0.569. The molecule has 15 heavy (non-hydrogen) atoms. The monoisotopic (exact) mass is 224 g/mol. The van der Waals surface area contributed by atoms with Crippen molar-refractivity contribution in [2.75, 3.05) is 5.75 Å². The summed E-state index contributed by atoms with van der Waals surface area (Å²) >= 11 is -1.10. The molecule has 0 aromatic carbocycles. The summed E-state index contributed by atoms with van der Waals surface area (Å²) in [4.78, 5) is 4.15. The van der Waals surface area contributed by atoms with Crippen molar-refractivity contribution in [3.8, 4) is 0 Å². The minimum Gasteiger partial charge on any atom is -0.591 e. The summed E-state index contributed by atoms with van der Waals surface area (Å²) in [5.74, 6) is 0.640. The molecule has 1 aromatic heterocycles. The lowest BCUT2D eigenvalue weighted by Gasteiger charge is -2.04. The molecule has 1 heterocycles. The number of hydrogen-bond donors (Lipinski definition) is 0. The van der Waals surface area contributed by atoms with Crippen LogP contribution in [-0.2, 0) is 11.4 Å². The second-order valence-corrected chi connectivity index (χ2v) is 4.50. The van der Waals surface area contributed by atoms with Gasteiger partial charge in [-0.2, -0.15) is 0 Å². The predicted molar refractivity (Wildman–Crippen MR) is 64.4 cm³/mol. The van der Waals surface area contributed by atoms with E-state index in [2.05, 4.69) is 16.3 Å². The Morgan fingerprint density at radius 3 is 2.93 bits per heavy atom. The molecule has 0 radical (unpaired) electrons. The van der Waals surface area contributed by atoms with E-state index in [1.54, 1.807) is 6.20 Å². The van der Waals surface area contributed by atoms with E-state index in [-0.39, 0.29) is 0 Å². The van der Waals surface area contributed by atoms with Gasteiger partial charge in [-0.3, -0.25) is 4.98 Å². The van der Waals surface area contributed by atoms with Gasteiger partial charge in [0.1, 0.15) is 11.5 Å². The molecule has 1 unspecified atom stereocenters. The van der Waals surface area contributed by atoms with Crippen LogP contribution in [0.15, 0.2) is 28.8 Å². The molecule has 0 aliphatic rings. The van der Waals surface area contributed by atoms with Crippen LogP contribution in [0.5, 0.6) is 0 Å². The minimum atomic E-state index is -1.10. The average Bonchev–Trinajstić information content (AvgIpc) is 2.27. The number of unbranched alkanes of at least 4 members (excludes halogenated alkanes) is 1. The van der Waals surface area contributed by atoms with E-state index in [0.717, 1.165) is 24.2 Å². The van der Waals surface area contributed by atoms with Crippen LogP contribution in [0.3, 0.4) is 0 Å². The second-order valence-electron chi connectivity index (χ2n) is 3.27. The Morgan fingerprint density at radius 1 is 1.53 bits per heavy atom. The molecule has 1 rings (SSSR count). The Balaban J connectivity index is 2.59. The third kappa shape index (κ3) is 4.44. The summed E-state index contributed by atoms with van der Waals surface area (Å²) in [5, 5.41) is 0. The molecule has 0 bridgehead atoms. The molecule has 0 saturated carbocycles. The first-order valence-corrected chi connectivity index (χ1v) is 6.36. The fourth-order valence-electron chi connectivity index (χ4n) is 1.09. The Kier molecular flexibility index (Phi) is 5.36. The van der Waals surface area contributed by atoms with Crippen molar-refractivity contribution in [2.24, 2.45) is 4.40 Å². The maximum absolute atomic E-state index is 11.5. The first-order chi connectivity index (χ1) is 7.24. The molecule has 3 nitrogen and oxygen atoms in total. The summed E-state index contributed by atoms with van der Waals surface area (Å²) in [5.41, 5.74) is 1.53. The van der Waals surface area contributed by atoms with Crippen molar-refractivity contribution in [3.05, 3.63) is 30.1 Å². The van der Waals surface area contributed by atoms with Crippen LogP contribution in [0, 0.1) is 0 Å². The topological polar surface area (TPSA) is 48.3 Å². The molecule has 0 amide bonds. The van der Waals surface area contributed by atoms with Gasteiger partial charge in [0.05, 0.1) is 17.1 Å². The predicted octanol–water partition coefficient (Wildman–Crippen LogP) is 2.35. The SMILES string of the molecule is CCCC[S+]([O-])/N=C(/C)c1ccccn1. The molecular weight excluding hydrogens is 208 g/mol. The number of pyridine rings is 1. The molecule has 82 valence electrons. The van der Waals surface area contributed by atoms with E-state index in [4.69, 9.17) is 0 Å². The Hall–Kier alpha value is -0.870. The highest BCUT2D eigenvalue weighted by molar-refractivity contribution is 7.90. The van der Waals surface area contributed by atoms with Crippen LogP contribution in [0.2, 0.25) is 0 Å². The fourth-order valence-corrected chi connectivity index (χ4v) is 2.12. The van der Waals surface area contributed by atoms with E-state index < -0.39 is 11.4 Å². The number of rotatable bonds is 5. The fraction of sp³-hybridized carbons (Fsp3) is 0.455. The van der Waals surface area contributed by atoms with E-state index in [1.165, 1.54) is 0 Å². The maximum Gasteiger partial charge on any atom is 0.133 e. The van der Waals surface area contributed by atoms with Gasteiger partial charge in [0.25, 0.3) is 0 Å². The number of hydrogen-bond acceptors (Lipinski definition) is 3. The first-order valence-electron chi connectivity index (χ1n) is 5.09. The third-order valence-electron chi connectivity index (χ3n) is 1.95. The van der Waals surface area contributed by atoms with Gasteiger partial charge in [-0.15, -0.1) is 0 Å². The summed E-state index contributed by atoms with van der Waals surface area (Å²) in [6.45, 7) is 3.92. The van der Waals surface area contributed by atoms with Gasteiger partial charge in [-0.1, -0.05) is 23.8 Å².